The van der Waals surface area contributed by atoms with Crippen LogP contribution >= 0.6 is 0 Å². The van der Waals surface area contributed by atoms with Gasteiger partial charge in [0.1, 0.15) is 17.7 Å². The van der Waals surface area contributed by atoms with Crippen LogP contribution in [0, 0.1) is 11.3 Å². The molecule has 194 valence electrons. The fraction of sp³-hybridized carbons (Fsp3) is 0.536. The number of likely N-dealkylation sites (N-methyl/N-ethyl adjacent to an activating group) is 1. The fourth-order valence-corrected chi connectivity index (χ4v) is 4.16. The van der Waals surface area contributed by atoms with Crippen LogP contribution < -0.4 is 0 Å². The zero-order valence-electron chi connectivity index (χ0n) is 22.1. The minimum absolute atomic E-state index is 0.0870. The molecular formula is C28H38N4O4. The number of carbonyl (C=O) groups is 2. The number of ether oxygens (including phenoxy) is 2. The van der Waals surface area contributed by atoms with Crippen molar-refractivity contribution in [3.63, 3.8) is 0 Å². The normalized spacial score (nSPS) is 21.3. The standard InChI is InChI=1S/C28H38N4O4/c1-22(30(5)26(34)36-27(2,3)4)25(33)32-17-15-31(16-18-32)19-20-35-28(21-29)13-11-24(12-14-28)23-9-7-6-8-10-23/h6-13,22H,14-20H2,1-5H3/t22-,28?/m1/s1. The number of rotatable bonds is 7. The van der Waals surface area contributed by atoms with Gasteiger partial charge in [0.25, 0.3) is 0 Å². The molecule has 1 aliphatic carbocycles. The largest absolute Gasteiger partial charge is 0.444 e. The van der Waals surface area contributed by atoms with Crippen molar-refractivity contribution in [1.82, 2.24) is 14.7 Å². The summed E-state index contributed by atoms with van der Waals surface area (Å²) in [6.07, 6.45) is 5.87. The highest BCUT2D eigenvalue weighted by Gasteiger charge is 2.32. The molecule has 2 aliphatic rings. The molecule has 8 heteroatoms. The van der Waals surface area contributed by atoms with Gasteiger partial charge < -0.3 is 14.4 Å². The molecule has 2 atom stereocenters. The Morgan fingerprint density at radius 3 is 2.39 bits per heavy atom. The van der Waals surface area contributed by atoms with Crippen LogP contribution in [0.3, 0.4) is 0 Å². The average molecular weight is 495 g/mol. The zero-order valence-corrected chi connectivity index (χ0v) is 22.1. The highest BCUT2D eigenvalue weighted by molar-refractivity contribution is 5.85. The van der Waals surface area contributed by atoms with Crippen LogP contribution in [-0.4, -0.2) is 90.3 Å². The second-order valence-corrected chi connectivity index (χ2v) is 10.3. The van der Waals surface area contributed by atoms with E-state index >= 15 is 0 Å². The summed E-state index contributed by atoms with van der Waals surface area (Å²) < 4.78 is 11.4. The van der Waals surface area contributed by atoms with Crippen LogP contribution in [0.15, 0.2) is 48.6 Å². The second kappa shape index (κ2) is 11.7. The number of allylic oxidation sites excluding steroid dienone is 2. The first-order valence-corrected chi connectivity index (χ1v) is 12.5. The number of amides is 2. The highest BCUT2D eigenvalue weighted by Crippen LogP contribution is 2.29. The van der Waals surface area contributed by atoms with Gasteiger partial charge in [-0.1, -0.05) is 42.5 Å². The van der Waals surface area contributed by atoms with Crippen molar-refractivity contribution in [2.24, 2.45) is 0 Å². The molecule has 1 unspecified atom stereocenters. The Labute approximate surface area is 214 Å². The smallest absolute Gasteiger partial charge is 0.410 e. The fourth-order valence-electron chi connectivity index (χ4n) is 4.16. The van der Waals surface area contributed by atoms with E-state index in [1.807, 2.05) is 30.4 Å². The molecule has 1 aromatic rings. The Balaban J connectivity index is 1.43. The summed E-state index contributed by atoms with van der Waals surface area (Å²) in [4.78, 5) is 30.6. The summed E-state index contributed by atoms with van der Waals surface area (Å²) in [5, 5.41) is 9.78. The minimum atomic E-state index is -0.947. The number of benzene rings is 1. The summed E-state index contributed by atoms with van der Waals surface area (Å²) in [7, 11) is 1.59. The quantitative estimate of drug-likeness (QED) is 0.575. The van der Waals surface area contributed by atoms with Gasteiger partial charge in [-0.3, -0.25) is 14.6 Å². The molecule has 36 heavy (non-hydrogen) atoms. The van der Waals surface area contributed by atoms with Crippen molar-refractivity contribution in [2.45, 2.75) is 51.4 Å². The lowest BCUT2D eigenvalue weighted by Crippen LogP contribution is -2.55. The summed E-state index contributed by atoms with van der Waals surface area (Å²) in [6.45, 7) is 10.8. The number of piperazine rings is 1. The Morgan fingerprint density at radius 1 is 1.17 bits per heavy atom. The Hall–Kier alpha value is -3.15. The summed E-state index contributed by atoms with van der Waals surface area (Å²) in [5.74, 6) is -0.0870. The maximum Gasteiger partial charge on any atom is 0.410 e. The van der Waals surface area contributed by atoms with E-state index in [2.05, 4.69) is 29.2 Å². The molecule has 0 spiro atoms. The van der Waals surface area contributed by atoms with E-state index in [9.17, 15) is 14.9 Å². The first-order valence-electron chi connectivity index (χ1n) is 12.5. The van der Waals surface area contributed by atoms with E-state index in [1.165, 1.54) is 4.90 Å². The monoisotopic (exact) mass is 494 g/mol. The molecule has 1 heterocycles. The summed E-state index contributed by atoms with van der Waals surface area (Å²) >= 11 is 0. The van der Waals surface area contributed by atoms with Gasteiger partial charge >= 0.3 is 6.09 Å². The van der Waals surface area contributed by atoms with Crippen molar-refractivity contribution in [1.29, 1.82) is 5.26 Å². The highest BCUT2D eigenvalue weighted by atomic mass is 16.6. The van der Waals surface area contributed by atoms with Gasteiger partial charge in [0.2, 0.25) is 5.91 Å². The average Bonchev–Trinajstić information content (AvgIpc) is 2.87. The molecule has 3 rings (SSSR count). The van der Waals surface area contributed by atoms with Crippen molar-refractivity contribution in [2.75, 3.05) is 46.4 Å². The maximum absolute atomic E-state index is 12.9. The molecule has 0 saturated carbocycles. The number of nitriles is 1. The van der Waals surface area contributed by atoms with Gasteiger partial charge in [-0.05, 0) is 44.9 Å². The predicted octanol–water partition coefficient (Wildman–Crippen LogP) is 3.71. The molecule has 2 amide bonds. The van der Waals surface area contributed by atoms with Gasteiger partial charge in [0.15, 0.2) is 5.60 Å². The molecule has 0 N–H and O–H groups in total. The Kier molecular flexibility index (Phi) is 8.93. The summed E-state index contributed by atoms with van der Waals surface area (Å²) in [5.41, 5.74) is 0.661. The lowest BCUT2D eigenvalue weighted by atomic mass is 9.90. The predicted molar refractivity (Wildman–Crippen MR) is 139 cm³/mol. The molecule has 1 fully saturated rings. The molecule has 0 radical (unpaired) electrons. The molecule has 0 aromatic heterocycles. The van der Waals surface area contributed by atoms with Crippen LogP contribution in [0.1, 0.15) is 39.7 Å². The van der Waals surface area contributed by atoms with Crippen LogP contribution in [0.4, 0.5) is 4.79 Å². The van der Waals surface area contributed by atoms with E-state index in [-0.39, 0.29) is 5.91 Å². The maximum atomic E-state index is 12.9. The SMILES string of the molecule is C[C@H](C(=O)N1CCN(CCOC2(C#N)C=CC(c3ccccc3)=CC2)CC1)N(C)C(=O)OC(C)(C)C. The third kappa shape index (κ3) is 7.19. The molecule has 8 nitrogen and oxygen atoms in total. The van der Waals surface area contributed by atoms with Gasteiger partial charge in [0, 0.05) is 46.2 Å². The molecule has 1 aliphatic heterocycles. The molecular weight excluding hydrogens is 456 g/mol. The van der Waals surface area contributed by atoms with E-state index in [4.69, 9.17) is 9.47 Å². The van der Waals surface area contributed by atoms with Crippen LogP contribution in [0.5, 0.6) is 0 Å². The number of nitrogens with zero attached hydrogens (tertiary/aromatic N) is 4. The third-order valence-corrected chi connectivity index (χ3v) is 6.52. The Morgan fingerprint density at radius 2 is 1.83 bits per heavy atom. The third-order valence-electron chi connectivity index (χ3n) is 6.52. The van der Waals surface area contributed by atoms with E-state index < -0.39 is 23.3 Å². The Bertz CT molecular complexity index is 1020. The molecule has 1 aromatic carbocycles. The van der Waals surface area contributed by atoms with Gasteiger partial charge in [-0.15, -0.1) is 0 Å². The topological polar surface area (TPSA) is 86.1 Å². The van der Waals surface area contributed by atoms with Crippen molar-refractivity contribution in [3.05, 3.63) is 54.1 Å². The summed E-state index contributed by atoms with van der Waals surface area (Å²) in [6, 6.07) is 11.8. The molecule has 1 saturated heterocycles. The lowest BCUT2D eigenvalue weighted by molar-refractivity contribution is -0.137. The molecule has 0 bridgehead atoms. The second-order valence-electron chi connectivity index (χ2n) is 10.3. The number of hydrogen-bond donors (Lipinski definition) is 0. The first kappa shape index (κ1) is 27.4. The van der Waals surface area contributed by atoms with Gasteiger partial charge in [0.05, 0.1) is 6.61 Å². The van der Waals surface area contributed by atoms with E-state index in [0.717, 1.165) is 11.1 Å². The number of carbonyl (C=O) groups excluding carboxylic acids is 2. The van der Waals surface area contributed by atoms with Crippen LogP contribution in [0.2, 0.25) is 0 Å². The number of hydrogen-bond acceptors (Lipinski definition) is 6. The van der Waals surface area contributed by atoms with E-state index in [1.54, 1.807) is 39.6 Å². The van der Waals surface area contributed by atoms with Crippen molar-refractivity contribution >= 4 is 17.6 Å². The van der Waals surface area contributed by atoms with Gasteiger partial charge in [-0.2, -0.15) is 5.26 Å². The lowest BCUT2D eigenvalue weighted by Gasteiger charge is -2.38. The van der Waals surface area contributed by atoms with E-state index in [0.29, 0.717) is 45.8 Å². The zero-order chi connectivity index (χ0) is 26.3. The van der Waals surface area contributed by atoms with Crippen LogP contribution in [0.25, 0.3) is 5.57 Å². The van der Waals surface area contributed by atoms with Crippen molar-refractivity contribution < 1.29 is 19.1 Å². The minimum Gasteiger partial charge on any atom is -0.444 e. The van der Waals surface area contributed by atoms with Crippen LogP contribution in [-0.2, 0) is 14.3 Å². The first-order chi connectivity index (χ1) is 17.0. The van der Waals surface area contributed by atoms with Crippen molar-refractivity contribution in [3.8, 4) is 6.07 Å². The van der Waals surface area contributed by atoms with Gasteiger partial charge in [-0.25, -0.2) is 4.79 Å².